The lowest BCUT2D eigenvalue weighted by molar-refractivity contribution is 0.292. The fraction of sp³-hybridized carbons (Fsp3) is 0.636. The Kier molecular flexibility index (Phi) is 3.67. The molecule has 0 aromatic carbocycles. The van der Waals surface area contributed by atoms with Gasteiger partial charge in [-0.15, -0.1) is 11.3 Å². The summed E-state index contributed by atoms with van der Waals surface area (Å²) < 4.78 is 0.878. The molecule has 1 saturated carbocycles. The average molecular weight is 245 g/mol. The second-order valence-corrected chi connectivity index (χ2v) is 6.05. The van der Waals surface area contributed by atoms with Crippen LogP contribution in [0, 0.1) is 0 Å². The lowest BCUT2D eigenvalue weighted by Gasteiger charge is -2.23. The first kappa shape index (κ1) is 11.4. The van der Waals surface area contributed by atoms with Crippen LogP contribution >= 0.6 is 22.9 Å². The molecule has 1 unspecified atom stereocenters. The zero-order valence-electron chi connectivity index (χ0n) is 9.16. The van der Waals surface area contributed by atoms with Gasteiger partial charge in [0.2, 0.25) is 0 Å². The van der Waals surface area contributed by atoms with Crippen LogP contribution in [-0.2, 0) is 0 Å². The van der Waals surface area contributed by atoms with E-state index in [1.54, 1.807) is 11.3 Å². The molecule has 1 heterocycles. The van der Waals surface area contributed by atoms with Crippen molar-refractivity contribution in [1.82, 2.24) is 10.2 Å². The molecule has 1 aliphatic carbocycles. The fourth-order valence-electron chi connectivity index (χ4n) is 1.61. The van der Waals surface area contributed by atoms with Crippen molar-refractivity contribution in [3.05, 3.63) is 21.3 Å². The van der Waals surface area contributed by atoms with E-state index in [0.717, 1.165) is 16.9 Å². The van der Waals surface area contributed by atoms with Crippen LogP contribution in [0.25, 0.3) is 0 Å². The first-order valence-electron chi connectivity index (χ1n) is 5.32. The summed E-state index contributed by atoms with van der Waals surface area (Å²) >= 11 is 7.64. The van der Waals surface area contributed by atoms with Crippen LogP contribution in [0.3, 0.4) is 0 Å². The third kappa shape index (κ3) is 3.18. The van der Waals surface area contributed by atoms with Gasteiger partial charge in [-0.1, -0.05) is 11.6 Å². The maximum atomic E-state index is 5.96. The average Bonchev–Trinajstić information content (AvgIpc) is 2.89. The van der Waals surface area contributed by atoms with Crippen LogP contribution in [0.1, 0.15) is 23.8 Å². The maximum absolute atomic E-state index is 5.96. The van der Waals surface area contributed by atoms with Crippen molar-refractivity contribution in [3.8, 4) is 0 Å². The van der Waals surface area contributed by atoms with Crippen LogP contribution in [0.2, 0.25) is 4.34 Å². The molecule has 4 heteroatoms. The zero-order chi connectivity index (χ0) is 10.8. The van der Waals surface area contributed by atoms with Crippen molar-refractivity contribution in [3.63, 3.8) is 0 Å². The van der Waals surface area contributed by atoms with Gasteiger partial charge in [-0.25, -0.2) is 0 Å². The highest BCUT2D eigenvalue weighted by atomic mass is 35.5. The molecule has 0 spiro atoms. The van der Waals surface area contributed by atoms with Crippen molar-refractivity contribution < 1.29 is 0 Å². The van der Waals surface area contributed by atoms with Crippen molar-refractivity contribution >= 4 is 22.9 Å². The lowest BCUT2D eigenvalue weighted by atomic mass is 10.2. The van der Waals surface area contributed by atoms with Gasteiger partial charge < -0.3 is 10.2 Å². The highest BCUT2D eigenvalue weighted by Crippen LogP contribution is 2.29. The van der Waals surface area contributed by atoms with E-state index in [1.807, 2.05) is 6.07 Å². The first-order chi connectivity index (χ1) is 7.16. The molecule has 0 radical (unpaired) electrons. The second-order valence-electron chi connectivity index (χ2n) is 4.30. The number of rotatable bonds is 5. The number of thiophene rings is 1. The minimum absolute atomic E-state index is 0.447. The van der Waals surface area contributed by atoms with Crippen LogP contribution in [0.5, 0.6) is 0 Å². The van der Waals surface area contributed by atoms with Crippen molar-refractivity contribution in [2.75, 3.05) is 20.6 Å². The number of hydrogen-bond donors (Lipinski definition) is 1. The summed E-state index contributed by atoms with van der Waals surface area (Å²) in [6, 6.07) is 5.33. The van der Waals surface area contributed by atoms with Crippen LogP contribution in [0.15, 0.2) is 12.1 Å². The van der Waals surface area contributed by atoms with E-state index >= 15 is 0 Å². The Bertz CT molecular complexity index is 320. The van der Waals surface area contributed by atoms with Crippen molar-refractivity contribution in [1.29, 1.82) is 0 Å². The first-order valence-corrected chi connectivity index (χ1v) is 6.51. The number of halogens is 1. The minimum atomic E-state index is 0.447. The molecule has 84 valence electrons. The molecule has 1 N–H and O–H groups in total. The van der Waals surface area contributed by atoms with Crippen LogP contribution in [0.4, 0.5) is 0 Å². The standard InChI is InChI=1S/C11H17ClN2S/c1-14(2)9(7-13-8-3-4-8)10-5-6-11(12)15-10/h5-6,8-9,13H,3-4,7H2,1-2H3. The van der Waals surface area contributed by atoms with Gasteiger partial charge in [0.25, 0.3) is 0 Å². The van der Waals surface area contributed by atoms with Gasteiger partial charge in [0, 0.05) is 17.5 Å². The fourth-order valence-corrected chi connectivity index (χ4v) is 2.87. The number of hydrogen-bond acceptors (Lipinski definition) is 3. The van der Waals surface area contributed by atoms with E-state index in [4.69, 9.17) is 11.6 Å². The van der Waals surface area contributed by atoms with E-state index < -0.39 is 0 Å². The summed E-state index contributed by atoms with van der Waals surface area (Å²) in [6.45, 7) is 1.02. The molecule has 0 aliphatic heterocycles. The number of nitrogens with zero attached hydrogens (tertiary/aromatic N) is 1. The third-order valence-corrected chi connectivity index (χ3v) is 4.06. The Labute approximate surface area is 100 Å². The molecule has 2 nitrogen and oxygen atoms in total. The van der Waals surface area contributed by atoms with E-state index in [9.17, 15) is 0 Å². The van der Waals surface area contributed by atoms with Crippen LogP contribution in [-0.4, -0.2) is 31.6 Å². The Morgan fingerprint density at radius 1 is 1.53 bits per heavy atom. The lowest BCUT2D eigenvalue weighted by Crippen LogP contribution is -2.31. The Morgan fingerprint density at radius 3 is 2.73 bits per heavy atom. The minimum Gasteiger partial charge on any atom is -0.312 e. The Balaban J connectivity index is 1.97. The predicted molar refractivity (Wildman–Crippen MR) is 66.8 cm³/mol. The third-order valence-electron chi connectivity index (χ3n) is 2.72. The smallest absolute Gasteiger partial charge is 0.0931 e. The van der Waals surface area contributed by atoms with Crippen molar-refractivity contribution in [2.45, 2.75) is 24.9 Å². The summed E-state index contributed by atoms with van der Waals surface area (Å²) in [7, 11) is 4.24. The summed E-state index contributed by atoms with van der Waals surface area (Å²) in [5.41, 5.74) is 0. The number of likely N-dealkylation sites (N-methyl/N-ethyl adjacent to an activating group) is 1. The van der Waals surface area contributed by atoms with Gasteiger partial charge >= 0.3 is 0 Å². The highest BCUT2D eigenvalue weighted by Gasteiger charge is 2.23. The van der Waals surface area contributed by atoms with Gasteiger partial charge in [0.1, 0.15) is 0 Å². The maximum Gasteiger partial charge on any atom is 0.0931 e. The SMILES string of the molecule is CN(C)C(CNC1CC1)c1ccc(Cl)s1. The summed E-state index contributed by atoms with van der Waals surface area (Å²) in [4.78, 5) is 3.59. The predicted octanol–water partition coefficient (Wildman–Crippen LogP) is 2.76. The molecule has 0 saturated heterocycles. The monoisotopic (exact) mass is 244 g/mol. The second kappa shape index (κ2) is 4.83. The molecule has 1 aromatic heterocycles. The Morgan fingerprint density at radius 2 is 2.27 bits per heavy atom. The summed E-state index contributed by atoms with van der Waals surface area (Å²) in [5, 5.41) is 3.57. The molecule has 1 atom stereocenters. The summed E-state index contributed by atoms with van der Waals surface area (Å²) in [6.07, 6.45) is 2.68. The molecule has 1 aromatic rings. The summed E-state index contributed by atoms with van der Waals surface area (Å²) in [5.74, 6) is 0. The van der Waals surface area contributed by atoms with Crippen LogP contribution < -0.4 is 5.32 Å². The van der Waals surface area contributed by atoms with E-state index in [2.05, 4.69) is 30.4 Å². The van der Waals surface area contributed by atoms with Gasteiger partial charge in [-0.2, -0.15) is 0 Å². The van der Waals surface area contributed by atoms with E-state index in [-0.39, 0.29) is 0 Å². The topological polar surface area (TPSA) is 15.3 Å². The van der Waals surface area contributed by atoms with E-state index in [1.165, 1.54) is 17.7 Å². The van der Waals surface area contributed by atoms with Crippen molar-refractivity contribution in [2.24, 2.45) is 0 Å². The Hall–Kier alpha value is -0.0900. The molecular formula is C11H17ClN2S. The normalized spacial score (nSPS) is 18.4. The van der Waals surface area contributed by atoms with E-state index in [0.29, 0.717) is 6.04 Å². The molecule has 15 heavy (non-hydrogen) atoms. The molecule has 1 fully saturated rings. The number of nitrogens with one attached hydrogen (secondary N) is 1. The van der Waals surface area contributed by atoms with Gasteiger partial charge in [-0.05, 0) is 39.1 Å². The molecule has 2 rings (SSSR count). The quantitative estimate of drug-likeness (QED) is 0.857. The zero-order valence-corrected chi connectivity index (χ0v) is 10.7. The molecular weight excluding hydrogens is 228 g/mol. The molecule has 0 amide bonds. The van der Waals surface area contributed by atoms with Gasteiger partial charge in [0.15, 0.2) is 0 Å². The highest BCUT2D eigenvalue weighted by molar-refractivity contribution is 7.16. The molecule has 0 bridgehead atoms. The molecule has 1 aliphatic rings. The van der Waals surface area contributed by atoms with Gasteiger partial charge in [-0.3, -0.25) is 0 Å². The largest absolute Gasteiger partial charge is 0.312 e. The van der Waals surface area contributed by atoms with Gasteiger partial charge in [0.05, 0.1) is 10.4 Å².